The van der Waals surface area contributed by atoms with Crippen LogP contribution in [0.15, 0.2) is 48.5 Å². The monoisotopic (exact) mass is 640 g/mol. The Morgan fingerprint density at radius 3 is 2.22 bits per heavy atom. The molecule has 2 fully saturated rings. The molecule has 242 valence electrons. The minimum Gasteiger partial charge on any atom is -0.497 e. The van der Waals surface area contributed by atoms with Crippen molar-refractivity contribution in [1.82, 2.24) is 15.2 Å². The van der Waals surface area contributed by atoms with Gasteiger partial charge in [0, 0.05) is 60.9 Å². The van der Waals surface area contributed by atoms with Crippen LogP contribution in [0.4, 0.5) is 29.2 Å². The highest BCUT2D eigenvalue weighted by molar-refractivity contribution is 6.05. The number of ether oxygens (including phenoxy) is 2. The fraction of sp³-hybridized carbons (Fsp3) is 0.375. The molecule has 3 heterocycles. The van der Waals surface area contributed by atoms with Gasteiger partial charge in [-0.2, -0.15) is 14.0 Å². The SMILES string of the molecule is COc1cc(F)c([C@@H]2CN(c3nc(N4C[C@@H](C)N(C)[C@@H](C)C4)ccc3C#N)C(=O)[C@H]2NC(=O)c2ccc(OC(F)F)cc2)c(F)c1. The van der Waals surface area contributed by atoms with Crippen molar-refractivity contribution >= 4 is 23.5 Å². The molecule has 1 N–H and O–H groups in total. The van der Waals surface area contributed by atoms with Crippen LogP contribution >= 0.6 is 0 Å². The van der Waals surface area contributed by atoms with Crippen molar-refractivity contribution < 1.29 is 36.6 Å². The number of nitrogens with one attached hydrogen (secondary N) is 1. The van der Waals surface area contributed by atoms with E-state index in [4.69, 9.17) is 9.72 Å². The molecule has 0 aliphatic carbocycles. The van der Waals surface area contributed by atoms with Crippen LogP contribution in [0.5, 0.6) is 11.5 Å². The first-order chi connectivity index (χ1) is 21.9. The fourth-order valence-corrected chi connectivity index (χ4v) is 5.89. The number of hydrogen-bond donors (Lipinski definition) is 1. The van der Waals surface area contributed by atoms with E-state index in [-0.39, 0.29) is 47.1 Å². The zero-order valence-corrected chi connectivity index (χ0v) is 25.5. The number of likely N-dealkylation sites (N-methyl/N-ethyl adjacent to an activating group) is 1. The normalized spacial score (nSPS) is 21.8. The lowest BCUT2D eigenvalue weighted by Crippen LogP contribution is -2.55. The number of methoxy groups -OCH3 is 1. The molecule has 2 aromatic carbocycles. The van der Waals surface area contributed by atoms with Crippen molar-refractivity contribution in [3.05, 3.63) is 76.9 Å². The lowest BCUT2D eigenvalue weighted by atomic mass is 9.92. The summed E-state index contributed by atoms with van der Waals surface area (Å²) in [5, 5.41) is 12.5. The molecule has 2 aliphatic heterocycles. The number of nitriles is 1. The van der Waals surface area contributed by atoms with Crippen LogP contribution in [0.1, 0.15) is 41.3 Å². The maximum Gasteiger partial charge on any atom is 0.387 e. The van der Waals surface area contributed by atoms with E-state index in [0.29, 0.717) is 18.9 Å². The van der Waals surface area contributed by atoms with Gasteiger partial charge in [-0.05, 0) is 57.3 Å². The van der Waals surface area contributed by atoms with Crippen LogP contribution in [0, 0.1) is 23.0 Å². The molecule has 0 saturated carbocycles. The van der Waals surface area contributed by atoms with E-state index in [1.54, 1.807) is 6.07 Å². The topological polar surface area (TPSA) is 111 Å². The first-order valence-electron chi connectivity index (χ1n) is 14.5. The number of pyridine rings is 1. The molecule has 2 saturated heterocycles. The summed E-state index contributed by atoms with van der Waals surface area (Å²) in [6.45, 7) is 2.05. The summed E-state index contributed by atoms with van der Waals surface area (Å²) in [7, 11) is 3.28. The van der Waals surface area contributed by atoms with Gasteiger partial charge in [-0.15, -0.1) is 0 Å². The molecule has 1 aromatic heterocycles. The Bertz CT molecular complexity index is 1630. The predicted molar refractivity (Wildman–Crippen MR) is 160 cm³/mol. The van der Waals surface area contributed by atoms with E-state index in [9.17, 15) is 23.6 Å². The maximum atomic E-state index is 15.4. The lowest BCUT2D eigenvalue weighted by Gasteiger charge is -2.43. The molecule has 2 amide bonds. The zero-order chi connectivity index (χ0) is 33.3. The summed E-state index contributed by atoms with van der Waals surface area (Å²) in [4.78, 5) is 37.5. The number of nitrogens with zero attached hydrogens (tertiary/aromatic N) is 5. The maximum absolute atomic E-state index is 15.4. The van der Waals surface area contributed by atoms with Crippen LogP contribution in [0.2, 0.25) is 0 Å². The molecule has 0 radical (unpaired) electrons. The van der Waals surface area contributed by atoms with Crippen molar-refractivity contribution in [3.8, 4) is 17.6 Å². The van der Waals surface area contributed by atoms with Gasteiger partial charge in [-0.3, -0.25) is 19.4 Å². The number of piperazine rings is 1. The van der Waals surface area contributed by atoms with E-state index in [2.05, 4.69) is 28.8 Å². The summed E-state index contributed by atoms with van der Waals surface area (Å²) in [6, 6.07) is 10.8. The molecule has 0 spiro atoms. The van der Waals surface area contributed by atoms with Crippen molar-refractivity contribution in [2.75, 3.05) is 43.6 Å². The number of alkyl halides is 2. The average Bonchev–Trinajstić information content (AvgIpc) is 3.33. The largest absolute Gasteiger partial charge is 0.497 e. The Kier molecular flexibility index (Phi) is 9.34. The molecule has 0 unspecified atom stereocenters. The first-order valence-corrected chi connectivity index (χ1v) is 14.5. The quantitative estimate of drug-likeness (QED) is 0.363. The summed E-state index contributed by atoms with van der Waals surface area (Å²) >= 11 is 0. The summed E-state index contributed by atoms with van der Waals surface area (Å²) in [5.74, 6) is -4.53. The molecular weight excluding hydrogens is 608 g/mol. The average molecular weight is 641 g/mol. The molecule has 4 atom stereocenters. The van der Waals surface area contributed by atoms with Gasteiger partial charge in [0.25, 0.3) is 11.8 Å². The molecule has 5 rings (SSSR count). The molecule has 3 aromatic rings. The Morgan fingerprint density at radius 2 is 1.65 bits per heavy atom. The third-order valence-corrected chi connectivity index (χ3v) is 8.52. The Morgan fingerprint density at radius 1 is 1.02 bits per heavy atom. The highest BCUT2D eigenvalue weighted by Gasteiger charge is 2.46. The Labute approximate surface area is 263 Å². The molecular formula is C32H32F4N6O4. The number of benzene rings is 2. The summed E-state index contributed by atoms with van der Waals surface area (Å²) in [6.07, 6.45) is 0. The lowest BCUT2D eigenvalue weighted by molar-refractivity contribution is -0.118. The number of hydrogen-bond acceptors (Lipinski definition) is 8. The first kappa shape index (κ1) is 32.5. The number of carbonyl (C=O) groups is 2. The third-order valence-electron chi connectivity index (χ3n) is 8.52. The van der Waals surface area contributed by atoms with E-state index in [1.807, 2.05) is 18.0 Å². The number of amides is 2. The highest BCUT2D eigenvalue weighted by Crippen LogP contribution is 2.38. The smallest absolute Gasteiger partial charge is 0.387 e. The molecule has 14 heteroatoms. The van der Waals surface area contributed by atoms with Crippen LogP contribution in [-0.4, -0.2) is 80.2 Å². The number of anilines is 2. The van der Waals surface area contributed by atoms with Crippen LogP contribution < -0.4 is 24.6 Å². The second-order valence-electron chi connectivity index (χ2n) is 11.3. The van der Waals surface area contributed by atoms with Crippen LogP contribution in [-0.2, 0) is 4.79 Å². The van der Waals surface area contributed by atoms with Crippen molar-refractivity contribution in [1.29, 1.82) is 5.26 Å². The van der Waals surface area contributed by atoms with Crippen LogP contribution in [0.3, 0.4) is 0 Å². The van der Waals surface area contributed by atoms with Gasteiger partial charge in [-0.25, -0.2) is 13.8 Å². The third kappa shape index (κ3) is 6.41. The van der Waals surface area contributed by atoms with Crippen molar-refractivity contribution in [3.63, 3.8) is 0 Å². The van der Waals surface area contributed by atoms with E-state index in [0.717, 1.165) is 29.2 Å². The zero-order valence-electron chi connectivity index (χ0n) is 25.5. The van der Waals surface area contributed by atoms with Gasteiger partial charge in [0.1, 0.15) is 41.1 Å². The number of rotatable bonds is 8. The van der Waals surface area contributed by atoms with E-state index in [1.165, 1.54) is 25.3 Å². The van der Waals surface area contributed by atoms with Crippen molar-refractivity contribution in [2.24, 2.45) is 0 Å². The number of carbonyl (C=O) groups excluding carboxylic acids is 2. The highest BCUT2D eigenvalue weighted by atomic mass is 19.3. The fourth-order valence-electron chi connectivity index (χ4n) is 5.89. The number of aromatic nitrogens is 1. The van der Waals surface area contributed by atoms with Gasteiger partial charge in [-0.1, -0.05) is 0 Å². The molecule has 10 nitrogen and oxygen atoms in total. The summed E-state index contributed by atoms with van der Waals surface area (Å²) < 4.78 is 65.3. The predicted octanol–water partition coefficient (Wildman–Crippen LogP) is 4.30. The van der Waals surface area contributed by atoms with Gasteiger partial charge >= 0.3 is 6.61 Å². The van der Waals surface area contributed by atoms with E-state index >= 15 is 8.78 Å². The van der Waals surface area contributed by atoms with Crippen molar-refractivity contribution in [2.45, 2.75) is 44.5 Å². The molecule has 0 bridgehead atoms. The second kappa shape index (κ2) is 13.2. The number of halogens is 4. The van der Waals surface area contributed by atoms with Gasteiger partial charge < -0.3 is 19.7 Å². The van der Waals surface area contributed by atoms with Gasteiger partial charge in [0.15, 0.2) is 5.82 Å². The summed E-state index contributed by atoms with van der Waals surface area (Å²) in [5.41, 5.74) is -0.416. The molecule has 46 heavy (non-hydrogen) atoms. The minimum atomic E-state index is -3.06. The standard InChI is InChI=1S/C32H32F4N6O4/c1-17-14-41(15-18(2)40(17)3)26-10-7-20(13-37)29(38-26)42-16-23(27-24(33)11-22(45-4)12-25(27)34)28(31(42)44)39-30(43)19-5-8-21(9-6-19)46-32(35)36/h5-12,17-18,23,28,32H,14-16H2,1-4H3,(H,39,43)/t17-,18+,23-,28-/m0/s1. The van der Waals surface area contributed by atoms with Crippen LogP contribution in [0.25, 0.3) is 0 Å². The van der Waals surface area contributed by atoms with E-state index < -0.39 is 47.6 Å². The Hall–Kier alpha value is -4.90. The van der Waals surface area contributed by atoms with Gasteiger partial charge in [0.2, 0.25) is 0 Å². The molecule has 2 aliphatic rings. The van der Waals surface area contributed by atoms with Gasteiger partial charge in [0.05, 0.1) is 12.7 Å². The second-order valence-corrected chi connectivity index (χ2v) is 11.3. The minimum absolute atomic E-state index is 0.00573. The Balaban J connectivity index is 1.52.